The lowest BCUT2D eigenvalue weighted by Gasteiger charge is -2.30. The average molecular weight is 619 g/mol. The van der Waals surface area contributed by atoms with Gasteiger partial charge in [0.1, 0.15) is 17.9 Å². The minimum absolute atomic E-state index is 0.161. The van der Waals surface area contributed by atoms with E-state index in [1.54, 1.807) is 12.1 Å². The molecule has 0 fully saturated rings. The molecular weight excluding hydrogens is 585 g/mol. The van der Waals surface area contributed by atoms with Crippen LogP contribution in [0.5, 0.6) is 5.75 Å². The molecule has 0 amide bonds. The van der Waals surface area contributed by atoms with Gasteiger partial charge in [-0.15, -0.1) is 0 Å². The number of nitrogens with zero attached hydrogens (tertiary/aromatic N) is 6. The first kappa shape index (κ1) is 30.3. The van der Waals surface area contributed by atoms with Gasteiger partial charge in [0.15, 0.2) is 11.5 Å². The Morgan fingerprint density at radius 3 is 2.71 bits per heavy atom. The van der Waals surface area contributed by atoms with Crippen LogP contribution in [0.25, 0.3) is 17.1 Å². The number of hydrazone groups is 1. The van der Waals surface area contributed by atoms with Crippen LogP contribution in [0, 0.1) is 12.8 Å². The number of carboxylic acids is 1. The molecular formula is C33H33F3N6O3. The summed E-state index contributed by atoms with van der Waals surface area (Å²) in [5.41, 5.74) is 3.18. The highest BCUT2D eigenvalue weighted by molar-refractivity contribution is 5.89. The van der Waals surface area contributed by atoms with E-state index in [2.05, 4.69) is 56.4 Å². The molecule has 0 aliphatic carbocycles. The molecule has 0 saturated carbocycles. The molecule has 2 aliphatic rings. The third-order valence-corrected chi connectivity index (χ3v) is 8.13. The van der Waals surface area contributed by atoms with E-state index in [1.807, 2.05) is 25.1 Å². The highest BCUT2D eigenvalue weighted by Crippen LogP contribution is 2.35. The molecule has 234 valence electrons. The van der Waals surface area contributed by atoms with Gasteiger partial charge in [-0.25, -0.2) is 14.5 Å². The highest BCUT2D eigenvalue weighted by Gasteiger charge is 2.41. The Morgan fingerprint density at radius 1 is 1.11 bits per heavy atom. The second-order valence-corrected chi connectivity index (χ2v) is 11.4. The van der Waals surface area contributed by atoms with Crippen LogP contribution in [-0.2, 0) is 25.7 Å². The molecule has 45 heavy (non-hydrogen) atoms. The predicted molar refractivity (Wildman–Crippen MR) is 162 cm³/mol. The quantitative estimate of drug-likeness (QED) is 0.252. The van der Waals surface area contributed by atoms with Crippen molar-refractivity contribution in [2.75, 3.05) is 26.2 Å². The molecule has 1 N–H and O–H groups in total. The standard InChI is InChI=1S/C33H33F3N6O3/c1-3-41-18-23(15-37-41)17-40-12-11-24-14-22(8-9-25(24)19-40)20-45-29-10-7-21(2)13-26(29)28-5-4-6-30(39-28)42-31(33(34,35)36)27(16-38-42)32(43)44/h4-10,13-16,23H,3,11-12,17-20H2,1-2H3,(H,43,44). The smallest absolute Gasteiger partial charge is 0.434 e. The summed E-state index contributed by atoms with van der Waals surface area (Å²) in [7, 11) is 0. The Hall–Kier alpha value is -4.71. The van der Waals surface area contributed by atoms with Crippen molar-refractivity contribution in [2.45, 2.75) is 39.6 Å². The van der Waals surface area contributed by atoms with Gasteiger partial charge in [0.2, 0.25) is 0 Å². The van der Waals surface area contributed by atoms with Crippen LogP contribution in [0.4, 0.5) is 13.2 Å². The molecule has 2 aliphatic heterocycles. The number of aromatic carboxylic acids is 1. The number of fused-ring (bicyclic) bond motifs is 1. The van der Waals surface area contributed by atoms with Gasteiger partial charge in [-0.1, -0.05) is 35.9 Å². The van der Waals surface area contributed by atoms with Gasteiger partial charge in [-0.05, 0) is 61.2 Å². The molecule has 0 spiro atoms. The first-order valence-electron chi connectivity index (χ1n) is 14.8. The monoisotopic (exact) mass is 618 g/mol. The fourth-order valence-corrected chi connectivity index (χ4v) is 5.88. The summed E-state index contributed by atoms with van der Waals surface area (Å²) in [6.07, 6.45) is -1.25. The summed E-state index contributed by atoms with van der Waals surface area (Å²) in [6, 6.07) is 16.6. The molecule has 0 saturated heterocycles. The van der Waals surface area contributed by atoms with Crippen molar-refractivity contribution in [1.29, 1.82) is 0 Å². The van der Waals surface area contributed by atoms with E-state index in [1.165, 1.54) is 17.2 Å². The van der Waals surface area contributed by atoms with E-state index < -0.39 is 23.4 Å². The Bertz CT molecular complexity index is 1750. The molecule has 0 radical (unpaired) electrons. The number of halogens is 3. The van der Waals surface area contributed by atoms with Crippen molar-refractivity contribution in [3.63, 3.8) is 0 Å². The van der Waals surface area contributed by atoms with Gasteiger partial charge in [-0.3, -0.25) is 9.91 Å². The minimum Gasteiger partial charge on any atom is -0.488 e. The van der Waals surface area contributed by atoms with Crippen LogP contribution in [-0.4, -0.2) is 68.1 Å². The second kappa shape index (κ2) is 12.4. The molecule has 2 aromatic heterocycles. The zero-order valence-corrected chi connectivity index (χ0v) is 25.0. The average Bonchev–Trinajstić information content (AvgIpc) is 3.68. The molecule has 1 unspecified atom stereocenters. The van der Waals surface area contributed by atoms with Crippen molar-refractivity contribution in [2.24, 2.45) is 11.0 Å². The minimum atomic E-state index is -4.95. The maximum Gasteiger partial charge on any atom is 0.434 e. The molecule has 0 bridgehead atoms. The van der Waals surface area contributed by atoms with E-state index in [0.717, 1.165) is 50.3 Å². The number of benzene rings is 2. The van der Waals surface area contributed by atoms with Gasteiger partial charge in [-0.2, -0.15) is 23.4 Å². The number of aryl methyl sites for hydroxylation is 1. The summed E-state index contributed by atoms with van der Waals surface area (Å²) in [5, 5.41) is 19.6. The van der Waals surface area contributed by atoms with Crippen LogP contribution < -0.4 is 4.74 Å². The van der Waals surface area contributed by atoms with Crippen LogP contribution in [0.2, 0.25) is 0 Å². The third kappa shape index (κ3) is 6.56. The Balaban J connectivity index is 1.19. The van der Waals surface area contributed by atoms with Gasteiger partial charge >= 0.3 is 12.1 Å². The molecule has 2 aromatic carbocycles. The molecule has 4 heterocycles. The fraction of sp³-hybridized carbons (Fsp3) is 0.333. The number of alkyl halides is 3. The van der Waals surface area contributed by atoms with Crippen LogP contribution in [0.15, 0.2) is 65.9 Å². The SMILES string of the molecule is CCN1CC(CN2CCc3cc(COc4ccc(C)cc4-c4cccc(-n5ncc(C(=O)O)c5C(F)(F)F)n4)ccc3C2)C=N1. The van der Waals surface area contributed by atoms with Crippen molar-refractivity contribution < 1.29 is 27.8 Å². The summed E-state index contributed by atoms with van der Waals surface area (Å²) < 4.78 is 48.3. The maximum atomic E-state index is 13.8. The summed E-state index contributed by atoms with van der Waals surface area (Å²) in [6.45, 7) is 9.10. The number of hydrogen-bond donors (Lipinski definition) is 1. The number of pyridine rings is 1. The van der Waals surface area contributed by atoms with Crippen molar-refractivity contribution in [1.82, 2.24) is 24.7 Å². The van der Waals surface area contributed by atoms with Gasteiger partial charge < -0.3 is 9.84 Å². The number of hydrogen-bond acceptors (Lipinski definition) is 7. The Morgan fingerprint density at radius 2 is 1.96 bits per heavy atom. The first-order chi connectivity index (χ1) is 21.6. The number of carbonyl (C=O) groups is 1. The summed E-state index contributed by atoms with van der Waals surface area (Å²) >= 11 is 0. The lowest BCUT2D eigenvalue weighted by Crippen LogP contribution is -2.36. The lowest BCUT2D eigenvalue weighted by atomic mass is 9.96. The van der Waals surface area contributed by atoms with E-state index in [-0.39, 0.29) is 5.82 Å². The fourth-order valence-electron chi connectivity index (χ4n) is 5.88. The van der Waals surface area contributed by atoms with E-state index in [0.29, 0.717) is 40.4 Å². The second-order valence-electron chi connectivity index (χ2n) is 11.4. The molecule has 9 nitrogen and oxygen atoms in total. The number of rotatable bonds is 9. The van der Waals surface area contributed by atoms with Crippen molar-refractivity contribution in [3.8, 4) is 22.8 Å². The van der Waals surface area contributed by atoms with Gasteiger partial charge in [0, 0.05) is 50.4 Å². The number of carboxylic acid groups (broad SMARTS) is 1. The van der Waals surface area contributed by atoms with Gasteiger partial charge in [0.25, 0.3) is 0 Å². The normalized spacial score (nSPS) is 16.6. The predicted octanol–water partition coefficient (Wildman–Crippen LogP) is 5.83. The Labute approximate surface area is 258 Å². The van der Waals surface area contributed by atoms with Crippen LogP contribution in [0.1, 0.15) is 45.2 Å². The number of aromatic nitrogens is 3. The molecule has 4 aromatic rings. The molecule has 12 heteroatoms. The summed E-state index contributed by atoms with van der Waals surface area (Å²) in [4.78, 5) is 18.4. The van der Waals surface area contributed by atoms with Crippen LogP contribution >= 0.6 is 0 Å². The van der Waals surface area contributed by atoms with Crippen molar-refractivity contribution >= 4 is 12.2 Å². The largest absolute Gasteiger partial charge is 0.488 e. The lowest BCUT2D eigenvalue weighted by molar-refractivity contribution is -0.143. The Kier molecular flexibility index (Phi) is 8.32. The number of ether oxygens (including phenoxy) is 1. The zero-order chi connectivity index (χ0) is 31.7. The van der Waals surface area contributed by atoms with Crippen molar-refractivity contribution in [3.05, 3.63) is 94.3 Å². The third-order valence-electron chi connectivity index (χ3n) is 8.13. The topological polar surface area (TPSA) is 96.1 Å². The van der Waals surface area contributed by atoms with Crippen LogP contribution in [0.3, 0.4) is 0 Å². The molecule has 6 rings (SSSR count). The van der Waals surface area contributed by atoms with Gasteiger partial charge in [0.05, 0.1) is 11.9 Å². The van der Waals surface area contributed by atoms with E-state index in [4.69, 9.17) is 4.74 Å². The molecule has 1 atom stereocenters. The maximum absolute atomic E-state index is 13.8. The summed E-state index contributed by atoms with van der Waals surface area (Å²) in [5.74, 6) is -0.907. The first-order valence-corrected chi connectivity index (χ1v) is 14.8. The van der Waals surface area contributed by atoms with E-state index >= 15 is 0 Å². The highest BCUT2D eigenvalue weighted by atomic mass is 19.4. The zero-order valence-electron chi connectivity index (χ0n) is 25.0. The van der Waals surface area contributed by atoms with E-state index in [9.17, 15) is 23.1 Å².